The van der Waals surface area contributed by atoms with Crippen molar-refractivity contribution in [2.45, 2.75) is 13.1 Å². The van der Waals surface area contributed by atoms with Gasteiger partial charge in [0.1, 0.15) is 0 Å². The molecule has 0 radical (unpaired) electrons. The number of rotatable bonds is 2. The van der Waals surface area contributed by atoms with Gasteiger partial charge in [0.15, 0.2) is 11.4 Å². The first-order valence-electron chi connectivity index (χ1n) is 7.69. The van der Waals surface area contributed by atoms with E-state index in [0.29, 0.717) is 18.8 Å². The number of aliphatic imine (C=N–C) groups is 2. The minimum atomic E-state index is -0.944. The minimum absolute atomic E-state index is 0.186. The molecule has 0 unspecified atom stereocenters. The van der Waals surface area contributed by atoms with Crippen LogP contribution in [0.25, 0.3) is 0 Å². The maximum atomic E-state index is 11.2. The summed E-state index contributed by atoms with van der Waals surface area (Å²) in [6, 6.07) is 15.1. The molecule has 0 aromatic heterocycles. The van der Waals surface area contributed by atoms with Gasteiger partial charge in [-0.05, 0) is 11.1 Å². The third-order valence-corrected chi connectivity index (χ3v) is 3.94. The van der Waals surface area contributed by atoms with Crippen LogP contribution >= 0.6 is 0 Å². The molecule has 0 atom stereocenters. The van der Waals surface area contributed by atoms with Gasteiger partial charge in [-0.25, -0.2) is 9.59 Å². The number of esters is 1. The monoisotopic (exact) mass is 336 g/mol. The fraction of sp³-hybridized carbons (Fsp3) is 0.158. The van der Waals surface area contributed by atoms with E-state index in [1.165, 1.54) is 7.11 Å². The van der Waals surface area contributed by atoms with E-state index in [0.717, 1.165) is 22.3 Å². The Hall–Kier alpha value is -3.28. The van der Waals surface area contributed by atoms with E-state index in [1.54, 1.807) is 6.07 Å². The van der Waals surface area contributed by atoms with Crippen molar-refractivity contribution < 1.29 is 19.4 Å². The molecule has 0 fully saturated rings. The average molecular weight is 336 g/mol. The Kier molecular flexibility index (Phi) is 4.70. The predicted octanol–water partition coefficient (Wildman–Crippen LogP) is 2.24. The van der Waals surface area contributed by atoms with Crippen LogP contribution in [-0.4, -0.2) is 35.6 Å². The second-order valence-electron chi connectivity index (χ2n) is 5.44. The van der Waals surface area contributed by atoms with E-state index in [9.17, 15) is 9.59 Å². The molecule has 4 rings (SSSR count). The summed E-state index contributed by atoms with van der Waals surface area (Å²) in [6.45, 7) is 1.08. The summed E-state index contributed by atoms with van der Waals surface area (Å²) in [6.07, 6.45) is 0. The van der Waals surface area contributed by atoms with Crippen molar-refractivity contribution >= 4 is 23.4 Å². The molecule has 2 heterocycles. The molecule has 2 aliphatic rings. The zero-order valence-corrected chi connectivity index (χ0v) is 13.6. The molecule has 6 nitrogen and oxygen atoms in total. The molecule has 6 heteroatoms. The Morgan fingerprint density at radius 1 is 0.880 bits per heavy atom. The maximum absolute atomic E-state index is 11.2. The van der Waals surface area contributed by atoms with Gasteiger partial charge in [0.2, 0.25) is 0 Å². The molecular formula is C19H16N2O4. The molecule has 1 N–H and O–H groups in total. The molecule has 2 aromatic carbocycles. The van der Waals surface area contributed by atoms with Gasteiger partial charge in [0.25, 0.3) is 0 Å². The highest BCUT2D eigenvalue weighted by atomic mass is 16.5. The molecule has 25 heavy (non-hydrogen) atoms. The molecule has 2 aromatic rings. The van der Waals surface area contributed by atoms with Crippen LogP contribution in [0.3, 0.4) is 0 Å². The predicted molar refractivity (Wildman–Crippen MR) is 93.0 cm³/mol. The zero-order chi connectivity index (χ0) is 17.8. The quantitative estimate of drug-likeness (QED) is 0.852. The number of benzene rings is 2. The van der Waals surface area contributed by atoms with Crippen LogP contribution in [0, 0.1) is 0 Å². The Balaban J connectivity index is 0.000000146. The number of carbonyl (C=O) groups is 2. The Morgan fingerprint density at radius 2 is 1.36 bits per heavy atom. The number of hydrogen-bond acceptors (Lipinski definition) is 5. The largest absolute Gasteiger partial charge is 0.477 e. The fourth-order valence-electron chi connectivity index (χ4n) is 2.73. The van der Waals surface area contributed by atoms with Gasteiger partial charge in [-0.15, -0.1) is 0 Å². The normalized spacial score (nSPS) is 13.6. The van der Waals surface area contributed by atoms with Crippen molar-refractivity contribution in [1.82, 2.24) is 0 Å². The van der Waals surface area contributed by atoms with Crippen molar-refractivity contribution in [2.24, 2.45) is 9.98 Å². The first kappa shape index (κ1) is 16.6. The lowest BCUT2D eigenvalue weighted by molar-refractivity contribution is -0.132. The van der Waals surface area contributed by atoms with Crippen LogP contribution in [0.4, 0.5) is 0 Å². The van der Waals surface area contributed by atoms with E-state index < -0.39 is 5.97 Å². The highest BCUT2D eigenvalue weighted by molar-refractivity contribution is 6.44. The van der Waals surface area contributed by atoms with E-state index >= 15 is 0 Å². The zero-order valence-electron chi connectivity index (χ0n) is 13.6. The molecule has 0 bridgehead atoms. The van der Waals surface area contributed by atoms with Crippen molar-refractivity contribution in [3.63, 3.8) is 0 Å². The highest BCUT2D eigenvalue weighted by Gasteiger charge is 2.22. The molecule has 0 amide bonds. The van der Waals surface area contributed by atoms with Crippen LogP contribution < -0.4 is 0 Å². The molecule has 2 aliphatic heterocycles. The first-order chi connectivity index (χ1) is 12.1. The highest BCUT2D eigenvalue weighted by Crippen LogP contribution is 2.19. The second-order valence-corrected chi connectivity index (χ2v) is 5.44. The number of hydrogen-bond donors (Lipinski definition) is 1. The van der Waals surface area contributed by atoms with Crippen LogP contribution in [0.15, 0.2) is 58.5 Å². The van der Waals surface area contributed by atoms with Gasteiger partial charge in [-0.1, -0.05) is 48.5 Å². The summed E-state index contributed by atoms with van der Waals surface area (Å²) < 4.78 is 4.62. The standard InChI is InChI=1S/C10H9NO2.C9H7NO2/c1-13-10(12)9-8-5-3-2-4-7(8)6-11-9;11-9(12)8-7-4-2-1-3-6(7)5-10-8/h2-5H,6H2,1H3;1-4H,5H2,(H,11,12). The second kappa shape index (κ2) is 7.09. The Morgan fingerprint density at radius 3 is 1.88 bits per heavy atom. The summed E-state index contributed by atoms with van der Waals surface area (Å²) >= 11 is 0. The van der Waals surface area contributed by atoms with Crippen LogP contribution in [0.2, 0.25) is 0 Å². The lowest BCUT2D eigenvalue weighted by Gasteiger charge is -1.99. The van der Waals surface area contributed by atoms with Gasteiger partial charge >= 0.3 is 11.9 Å². The molecule has 0 aliphatic carbocycles. The van der Waals surface area contributed by atoms with Gasteiger partial charge < -0.3 is 9.84 Å². The van der Waals surface area contributed by atoms with Crippen molar-refractivity contribution in [3.05, 3.63) is 70.8 Å². The van der Waals surface area contributed by atoms with E-state index in [4.69, 9.17) is 5.11 Å². The van der Waals surface area contributed by atoms with Crippen LogP contribution in [0.1, 0.15) is 22.3 Å². The first-order valence-corrected chi connectivity index (χ1v) is 7.69. The Bertz CT molecular complexity index is 900. The third-order valence-electron chi connectivity index (χ3n) is 3.94. The number of carboxylic acids is 1. The number of nitrogens with zero attached hydrogens (tertiary/aromatic N) is 2. The van der Waals surface area contributed by atoms with E-state index in [1.807, 2.05) is 42.5 Å². The minimum Gasteiger partial charge on any atom is -0.477 e. The summed E-state index contributed by atoms with van der Waals surface area (Å²) in [7, 11) is 1.37. The number of carboxylic acid groups (broad SMARTS) is 1. The van der Waals surface area contributed by atoms with Crippen molar-refractivity contribution in [2.75, 3.05) is 7.11 Å². The molecular weight excluding hydrogens is 320 g/mol. The van der Waals surface area contributed by atoms with Crippen molar-refractivity contribution in [1.29, 1.82) is 0 Å². The van der Waals surface area contributed by atoms with E-state index in [2.05, 4.69) is 14.7 Å². The summed E-state index contributed by atoms with van der Waals surface area (Å²) in [4.78, 5) is 29.9. The van der Waals surface area contributed by atoms with Gasteiger partial charge in [0, 0.05) is 11.1 Å². The molecule has 0 saturated carbocycles. The van der Waals surface area contributed by atoms with Crippen LogP contribution in [0.5, 0.6) is 0 Å². The number of methoxy groups -OCH3 is 1. The van der Waals surface area contributed by atoms with Crippen molar-refractivity contribution in [3.8, 4) is 0 Å². The summed E-state index contributed by atoms with van der Waals surface area (Å²) in [5.41, 5.74) is 4.36. The lowest BCUT2D eigenvalue weighted by Crippen LogP contribution is -2.15. The number of carbonyl (C=O) groups excluding carboxylic acids is 1. The van der Waals surface area contributed by atoms with Gasteiger partial charge in [-0.3, -0.25) is 9.98 Å². The third kappa shape index (κ3) is 3.33. The molecule has 0 saturated heterocycles. The molecule has 126 valence electrons. The topological polar surface area (TPSA) is 88.3 Å². The maximum Gasteiger partial charge on any atom is 0.356 e. The smallest absolute Gasteiger partial charge is 0.356 e. The molecule has 0 spiro atoms. The van der Waals surface area contributed by atoms with Crippen LogP contribution in [-0.2, 0) is 27.4 Å². The Labute approximate surface area is 144 Å². The fourth-order valence-corrected chi connectivity index (χ4v) is 2.73. The number of ether oxygens (including phenoxy) is 1. The van der Waals surface area contributed by atoms with Gasteiger partial charge in [0.05, 0.1) is 20.2 Å². The SMILES string of the molecule is COC(=O)C1=NCc2ccccc21.O=C(O)C1=NCc2ccccc21. The number of aliphatic carboxylic acids is 1. The number of fused-ring (bicyclic) bond motifs is 2. The van der Waals surface area contributed by atoms with E-state index in [-0.39, 0.29) is 11.7 Å². The summed E-state index contributed by atoms with van der Waals surface area (Å²) in [5.74, 6) is -1.30. The lowest BCUT2D eigenvalue weighted by atomic mass is 10.1. The average Bonchev–Trinajstić information content (AvgIpc) is 3.26. The summed E-state index contributed by atoms with van der Waals surface area (Å²) in [5, 5.41) is 8.73. The van der Waals surface area contributed by atoms with Gasteiger partial charge in [-0.2, -0.15) is 0 Å².